The van der Waals surface area contributed by atoms with Crippen LogP contribution in [0.4, 0.5) is 5.69 Å². The van der Waals surface area contributed by atoms with Crippen LogP contribution in [0.25, 0.3) is 0 Å². The molecule has 0 saturated carbocycles. The minimum atomic E-state index is -0.208. The Morgan fingerprint density at radius 3 is 3.05 bits per heavy atom. The first-order valence-corrected chi connectivity index (χ1v) is 6.38. The highest BCUT2D eigenvalue weighted by Gasteiger charge is 2.14. The van der Waals surface area contributed by atoms with E-state index in [0.717, 1.165) is 17.7 Å². The van der Waals surface area contributed by atoms with Crippen molar-refractivity contribution < 1.29 is 14.3 Å². The number of esters is 1. The second-order valence-corrected chi connectivity index (χ2v) is 4.54. The minimum absolute atomic E-state index is 0.0800. The van der Waals surface area contributed by atoms with E-state index in [1.165, 1.54) is 12.7 Å². The van der Waals surface area contributed by atoms with Gasteiger partial charge in [0.1, 0.15) is 0 Å². The second-order valence-electron chi connectivity index (χ2n) is 4.54. The van der Waals surface area contributed by atoms with Gasteiger partial charge in [0.25, 0.3) is 0 Å². The number of methoxy groups -OCH3 is 1. The maximum absolute atomic E-state index is 11.2. The molecule has 5 heteroatoms. The van der Waals surface area contributed by atoms with E-state index in [9.17, 15) is 9.59 Å². The largest absolute Gasteiger partial charge is 0.469 e. The minimum Gasteiger partial charge on any atom is -0.469 e. The van der Waals surface area contributed by atoms with Gasteiger partial charge >= 0.3 is 5.97 Å². The molecule has 0 bridgehead atoms. The zero-order valence-electron chi connectivity index (χ0n) is 11.0. The molecule has 0 spiro atoms. The van der Waals surface area contributed by atoms with Gasteiger partial charge in [-0.1, -0.05) is 12.1 Å². The van der Waals surface area contributed by atoms with Gasteiger partial charge < -0.3 is 15.4 Å². The summed E-state index contributed by atoms with van der Waals surface area (Å²) in [6.07, 6.45) is 1.71. The normalized spacial score (nSPS) is 13.6. The molecule has 1 aliphatic heterocycles. The van der Waals surface area contributed by atoms with Crippen molar-refractivity contribution in [1.29, 1.82) is 0 Å². The molecular formula is C14H18N2O3. The van der Waals surface area contributed by atoms with Gasteiger partial charge in [-0.25, -0.2) is 0 Å². The van der Waals surface area contributed by atoms with Gasteiger partial charge in [-0.15, -0.1) is 0 Å². The molecule has 0 saturated heterocycles. The zero-order chi connectivity index (χ0) is 13.7. The van der Waals surface area contributed by atoms with E-state index in [2.05, 4.69) is 21.4 Å². The zero-order valence-corrected chi connectivity index (χ0v) is 11.0. The standard InChI is InChI=1S/C14H18N2O3/c1-19-14(18)6-7-15-9-10-2-4-12-11(8-10)3-5-13(17)16-12/h2,4,8,15H,3,5-7,9H2,1H3,(H,16,17). The molecule has 1 aromatic rings. The topological polar surface area (TPSA) is 67.4 Å². The Labute approximate surface area is 112 Å². The third-order valence-electron chi connectivity index (χ3n) is 3.13. The quantitative estimate of drug-likeness (QED) is 0.618. The molecule has 2 N–H and O–H groups in total. The van der Waals surface area contributed by atoms with Gasteiger partial charge in [0.05, 0.1) is 13.5 Å². The van der Waals surface area contributed by atoms with E-state index in [1.807, 2.05) is 12.1 Å². The fraction of sp³-hybridized carbons (Fsp3) is 0.429. The number of nitrogens with one attached hydrogen (secondary N) is 2. The van der Waals surface area contributed by atoms with Crippen molar-refractivity contribution >= 4 is 17.6 Å². The molecule has 2 rings (SSSR count). The van der Waals surface area contributed by atoms with Crippen molar-refractivity contribution in [3.05, 3.63) is 29.3 Å². The highest BCUT2D eigenvalue weighted by molar-refractivity contribution is 5.93. The number of hydrogen-bond donors (Lipinski definition) is 2. The summed E-state index contributed by atoms with van der Waals surface area (Å²) in [6.45, 7) is 1.30. The smallest absolute Gasteiger partial charge is 0.306 e. The first kappa shape index (κ1) is 13.5. The van der Waals surface area contributed by atoms with Crippen LogP contribution in [0.1, 0.15) is 24.0 Å². The Morgan fingerprint density at radius 1 is 1.42 bits per heavy atom. The Morgan fingerprint density at radius 2 is 2.26 bits per heavy atom. The molecular weight excluding hydrogens is 244 g/mol. The summed E-state index contributed by atoms with van der Waals surface area (Å²) in [5, 5.41) is 6.05. The lowest BCUT2D eigenvalue weighted by molar-refractivity contribution is -0.140. The van der Waals surface area contributed by atoms with Crippen molar-refractivity contribution in [1.82, 2.24) is 5.32 Å². The average molecular weight is 262 g/mol. The summed E-state index contributed by atoms with van der Waals surface area (Å²) in [6, 6.07) is 6.01. The number of fused-ring (bicyclic) bond motifs is 1. The summed E-state index contributed by atoms with van der Waals surface area (Å²) >= 11 is 0. The summed E-state index contributed by atoms with van der Waals surface area (Å²) < 4.78 is 4.57. The lowest BCUT2D eigenvalue weighted by Crippen LogP contribution is -2.20. The molecule has 1 aliphatic rings. The first-order chi connectivity index (χ1) is 9.19. The third-order valence-corrected chi connectivity index (χ3v) is 3.13. The Hall–Kier alpha value is -1.88. The average Bonchev–Trinajstić information content (AvgIpc) is 2.43. The van der Waals surface area contributed by atoms with Crippen LogP contribution >= 0.6 is 0 Å². The molecule has 0 radical (unpaired) electrons. The number of benzene rings is 1. The molecule has 0 aromatic heterocycles. The number of anilines is 1. The van der Waals surface area contributed by atoms with Crippen LogP contribution in [0.2, 0.25) is 0 Å². The molecule has 19 heavy (non-hydrogen) atoms. The van der Waals surface area contributed by atoms with Crippen molar-refractivity contribution in [2.45, 2.75) is 25.8 Å². The molecule has 102 valence electrons. The van der Waals surface area contributed by atoms with Crippen molar-refractivity contribution in [2.24, 2.45) is 0 Å². The fourth-order valence-corrected chi connectivity index (χ4v) is 2.07. The molecule has 0 unspecified atom stereocenters. The predicted molar refractivity (Wildman–Crippen MR) is 71.7 cm³/mol. The SMILES string of the molecule is COC(=O)CCNCc1ccc2c(c1)CCC(=O)N2. The highest BCUT2D eigenvalue weighted by atomic mass is 16.5. The number of rotatable bonds is 5. The van der Waals surface area contributed by atoms with Crippen molar-refractivity contribution in [2.75, 3.05) is 19.0 Å². The summed E-state index contributed by atoms with van der Waals surface area (Å²) in [5.74, 6) is -0.128. The van der Waals surface area contributed by atoms with Crippen LogP contribution in [-0.4, -0.2) is 25.5 Å². The van der Waals surface area contributed by atoms with Crippen LogP contribution in [0.15, 0.2) is 18.2 Å². The number of amides is 1. The molecule has 1 amide bonds. The number of ether oxygens (including phenoxy) is 1. The molecule has 5 nitrogen and oxygen atoms in total. The Bertz CT molecular complexity index is 486. The lowest BCUT2D eigenvalue weighted by Gasteiger charge is -2.17. The van der Waals surface area contributed by atoms with Crippen LogP contribution in [0, 0.1) is 0 Å². The summed E-state index contributed by atoms with van der Waals surface area (Å²) in [4.78, 5) is 22.2. The number of carbonyl (C=O) groups is 2. The van der Waals surface area contributed by atoms with Gasteiger partial charge in [0.2, 0.25) is 5.91 Å². The van der Waals surface area contributed by atoms with Crippen LogP contribution in [0.5, 0.6) is 0 Å². The van der Waals surface area contributed by atoms with E-state index in [4.69, 9.17) is 0 Å². The fourth-order valence-electron chi connectivity index (χ4n) is 2.07. The molecule has 0 atom stereocenters. The van der Waals surface area contributed by atoms with Gasteiger partial charge in [-0.3, -0.25) is 9.59 Å². The van der Waals surface area contributed by atoms with Crippen LogP contribution in [0.3, 0.4) is 0 Å². The number of aryl methyl sites for hydroxylation is 1. The highest BCUT2D eigenvalue weighted by Crippen LogP contribution is 2.23. The van der Waals surface area contributed by atoms with Crippen molar-refractivity contribution in [3.8, 4) is 0 Å². The van der Waals surface area contributed by atoms with E-state index in [1.54, 1.807) is 0 Å². The monoisotopic (exact) mass is 262 g/mol. The lowest BCUT2D eigenvalue weighted by atomic mass is 10.0. The second kappa shape index (κ2) is 6.33. The predicted octanol–water partition coefficient (Wildman–Crippen LogP) is 1.22. The molecule has 0 aliphatic carbocycles. The number of carbonyl (C=O) groups excluding carboxylic acids is 2. The van der Waals surface area contributed by atoms with Crippen LogP contribution < -0.4 is 10.6 Å². The number of hydrogen-bond acceptors (Lipinski definition) is 4. The Balaban J connectivity index is 1.85. The van der Waals surface area contributed by atoms with Gasteiger partial charge in [0.15, 0.2) is 0 Å². The molecule has 1 aromatic carbocycles. The van der Waals surface area contributed by atoms with E-state index in [-0.39, 0.29) is 11.9 Å². The first-order valence-electron chi connectivity index (χ1n) is 6.38. The third kappa shape index (κ3) is 3.79. The summed E-state index contributed by atoms with van der Waals surface area (Å²) in [7, 11) is 1.39. The van der Waals surface area contributed by atoms with E-state index >= 15 is 0 Å². The Kier molecular flexibility index (Phi) is 4.52. The van der Waals surface area contributed by atoms with Crippen LogP contribution in [-0.2, 0) is 27.3 Å². The summed E-state index contributed by atoms with van der Waals surface area (Å²) in [5.41, 5.74) is 3.24. The maximum Gasteiger partial charge on any atom is 0.306 e. The van der Waals surface area contributed by atoms with Gasteiger partial charge in [-0.05, 0) is 23.6 Å². The maximum atomic E-state index is 11.2. The van der Waals surface area contributed by atoms with Gasteiger partial charge in [-0.2, -0.15) is 0 Å². The van der Waals surface area contributed by atoms with E-state index < -0.39 is 0 Å². The van der Waals surface area contributed by atoms with Gasteiger partial charge in [0, 0.05) is 25.2 Å². The molecule has 0 fully saturated rings. The van der Waals surface area contributed by atoms with E-state index in [0.29, 0.717) is 25.9 Å². The molecule has 1 heterocycles. The van der Waals surface area contributed by atoms with Crippen molar-refractivity contribution in [3.63, 3.8) is 0 Å².